The molecule has 0 aromatic heterocycles. The Labute approximate surface area is 191 Å². The van der Waals surface area contributed by atoms with Crippen molar-refractivity contribution in [2.45, 2.75) is 83.1 Å². The maximum atomic E-state index is 13.4. The smallest absolute Gasteiger partial charge is 0.297 e. The first-order chi connectivity index (χ1) is 15.0. The van der Waals surface area contributed by atoms with Crippen LogP contribution in [0.5, 0.6) is 0 Å². The average molecular weight is 459 g/mol. The van der Waals surface area contributed by atoms with E-state index in [9.17, 15) is 18.0 Å². The Morgan fingerprint density at radius 3 is 2.44 bits per heavy atom. The second-order valence-electron chi connectivity index (χ2n) is 11.3. The monoisotopic (exact) mass is 458 g/mol. The first-order valence-electron chi connectivity index (χ1n) is 12.1. The first kappa shape index (κ1) is 22.3. The van der Waals surface area contributed by atoms with E-state index in [1.165, 1.54) is 0 Å². The van der Waals surface area contributed by atoms with Crippen molar-refractivity contribution in [1.29, 1.82) is 0 Å². The Morgan fingerprint density at radius 2 is 1.72 bits per heavy atom. The Kier molecular flexibility index (Phi) is 5.21. The van der Waals surface area contributed by atoms with E-state index in [1.54, 1.807) is 24.3 Å². The normalized spacial score (nSPS) is 41.7. The fourth-order valence-electron chi connectivity index (χ4n) is 7.84. The van der Waals surface area contributed by atoms with Crippen LogP contribution in [0.15, 0.2) is 29.2 Å². The molecule has 0 heterocycles. The minimum Gasteiger partial charge on any atom is -0.299 e. The van der Waals surface area contributed by atoms with Gasteiger partial charge in [0.25, 0.3) is 10.1 Å². The van der Waals surface area contributed by atoms with Crippen LogP contribution < -0.4 is 0 Å². The molecule has 6 heteroatoms. The summed E-state index contributed by atoms with van der Waals surface area (Å²) in [7, 11) is -3.80. The van der Waals surface area contributed by atoms with Gasteiger partial charge >= 0.3 is 0 Å². The van der Waals surface area contributed by atoms with Gasteiger partial charge in [0.15, 0.2) is 0 Å². The van der Waals surface area contributed by atoms with Crippen molar-refractivity contribution in [3.63, 3.8) is 0 Å². The lowest BCUT2D eigenvalue weighted by Crippen LogP contribution is -2.57. The summed E-state index contributed by atoms with van der Waals surface area (Å²) < 4.78 is 31.3. The number of aryl methyl sites for hydroxylation is 1. The molecule has 174 valence electrons. The van der Waals surface area contributed by atoms with Crippen molar-refractivity contribution in [2.75, 3.05) is 0 Å². The molecule has 1 aromatic rings. The van der Waals surface area contributed by atoms with Gasteiger partial charge in [-0.1, -0.05) is 31.5 Å². The molecule has 4 saturated carbocycles. The summed E-state index contributed by atoms with van der Waals surface area (Å²) in [5.74, 6) is 1.44. The van der Waals surface area contributed by atoms with Gasteiger partial charge in [-0.3, -0.25) is 13.8 Å². The Balaban J connectivity index is 1.34. The molecule has 7 atom stereocenters. The molecule has 32 heavy (non-hydrogen) atoms. The number of fused-ring (bicyclic) bond motifs is 5. The van der Waals surface area contributed by atoms with Gasteiger partial charge in [0.05, 0.1) is 11.0 Å². The Morgan fingerprint density at radius 1 is 1.00 bits per heavy atom. The standard InChI is InChI=1S/C26H34O5S/c1-16-4-7-19(8-5-16)32(29,30)31-18-12-13-25(2)17(14-18)6-9-20-21-10-11-23(28)26(21,3)15-22(27)24(20)25/h4-5,7-8,17-18,20-21,24H,6,9-15H2,1-3H3/t17-,18-,20+,21+,24-,25+,26+/m1/s1. The third-order valence-electron chi connectivity index (χ3n) is 9.59. The van der Waals surface area contributed by atoms with E-state index in [4.69, 9.17) is 4.18 Å². The van der Waals surface area contributed by atoms with Gasteiger partial charge < -0.3 is 0 Å². The molecule has 1 aromatic carbocycles. The predicted molar refractivity (Wildman–Crippen MR) is 120 cm³/mol. The van der Waals surface area contributed by atoms with Crippen LogP contribution >= 0.6 is 0 Å². The van der Waals surface area contributed by atoms with E-state index < -0.39 is 15.5 Å². The van der Waals surface area contributed by atoms with Crippen LogP contribution in [0.25, 0.3) is 0 Å². The summed E-state index contributed by atoms with van der Waals surface area (Å²) in [5, 5.41) is 0. The highest BCUT2D eigenvalue weighted by Gasteiger charge is 2.63. The number of rotatable bonds is 3. The molecule has 4 fully saturated rings. The molecule has 5 rings (SSSR count). The third-order valence-corrected chi connectivity index (χ3v) is 11.0. The number of hydrogen-bond donors (Lipinski definition) is 0. The van der Waals surface area contributed by atoms with Crippen LogP contribution in [-0.4, -0.2) is 26.1 Å². The molecule has 0 N–H and O–H groups in total. The molecule has 0 radical (unpaired) electrons. The van der Waals surface area contributed by atoms with Gasteiger partial charge in [0, 0.05) is 24.2 Å². The van der Waals surface area contributed by atoms with Crippen LogP contribution in [0, 0.1) is 41.4 Å². The second kappa shape index (κ2) is 7.49. The molecule has 0 bridgehead atoms. The highest BCUT2D eigenvalue weighted by molar-refractivity contribution is 7.86. The van der Waals surface area contributed by atoms with E-state index >= 15 is 0 Å². The van der Waals surface area contributed by atoms with Crippen molar-refractivity contribution in [3.05, 3.63) is 29.8 Å². The largest absolute Gasteiger partial charge is 0.299 e. The van der Waals surface area contributed by atoms with Crippen molar-refractivity contribution in [3.8, 4) is 0 Å². The van der Waals surface area contributed by atoms with E-state index in [1.807, 2.05) is 13.8 Å². The molecule has 5 nitrogen and oxygen atoms in total. The number of hydrogen-bond acceptors (Lipinski definition) is 5. The fraction of sp³-hybridized carbons (Fsp3) is 0.692. The van der Waals surface area contributed by atoms with Crippen molar-refractivity contribution in [1.82, 2.24) is 0 Å². The molecular weight excluding hydrogens is 424 g/mol. The molecule has 0 aliphatic heterocycles. The van der Waals surface area contributed by atoms with Gasteiger partial charge in [-0.25, -0.2) is 0 Å². The summed E-state index contributed by atoms with van der Waals surface area (Å²) in [5.41, 5.74) is 0.427. The Bertz CT molecular complexity index is 1040. The Hall–Kier alpha value is -1.53. The molecule has 4 aliphatic rings. The number of ketones is 2. The summed E-state index contributed by atoms with van der Waals surface area (Å²) in [6, 6.07) is 6.77. The number of benzene rings is 1. The zero-order chi connectivity index (χ0) is 22.9. The van der Waals surface area contributed by atoms with E-state index in [2.05, 4.69) is 6.92 Å². The maximum Gasteiger partial charge on any atom is 0.297 e. The lowest BCUT2D eigenvalue weighted by atomic mass is 9.45. The zero-order valence-corrected chi connectivity index (χ0v) is 20.1. The zero-order valence-electron chi connectivity index (χ0n) is 19.3. The lowest BCUT2D eigenvalue weighted by molar-refractivity contribution is -0.161. The summed E-state index contributed by atoms with van der Waals surface area (Å²) in [6.07, 6.45) is 5.66. The lowest BCUT2D eigenvalue weighted by Gasteiger charge is -2.59. The van der Waals surface area contributed by atoms with E-state index in [0.717, 1.165) is 31.2 Å². The maximum absolute atomic E-state index is 13.4. The van der Waals surface area contributed by atoms with Crippen LogP contribution in [-0.2, 0) is 23.9 Å². The van der Waals surface area contributed by atoms with Crippen molar-refractivity contribution < 1.29 is 22.2 Å². The van der Waals surface area contributed by atoms with E-state index in [-0.39, 0.29) is 39.8 Å². The van der Waals surface area contributed by atoms with E-state index in [0.29, 0.717) is 37.5 Å². The highest BCUT2D eigenvalue weighted by atomic mass is 32.2. The number of carbonyl (C=O) groups is 2. The van der Waals surface area contributed by atoms with Gasteiger partial charge in [0.1, 0.15) is 11.6 Å². The molecular formula is C26H34O5S. The van der Waals surface area contributed by atoms with Gasteiger partial charge in [-0.2, -0.15) is 8.42 Å². The minimum atomic E-state index is -3.80. The number of Topliss-reactive ketones (excluding diaryl/α,β-unsaturated/α-hetero) is 2. The molecule has 0 unspecified atom stereocenters. The molecule has 0 saturated heterocycles. The van der Waals surface area contributed by atoms with Gasteiger partial charge in [0.2, 0.25) is 0 Å². The molecule has 4 aliphatic carbocycles. The summed E-state index contributed by atoms with van der Waals surface area (Å²) >= 11 is 0. The molecule has 0 amide bonds. The van der Waals surface area contributed by atoms with Crippen LogP contribution in [0.4, 0.5) is 0 Å². The first-order valence-corrected chi connectivity index (χ1v) is 13.5. The van der Waals surface area contributed by atoms with Crippen LogP contribution in [0.1, 0.15) is 70.8 Å². The van der Waals surface area contributed by atoms with Crippen molar-refractivity contribution >= 4 is 21.7 Å². The van der Waals surface area contributed by atoms with Gasteiger partial charge in [-0.05, 0) is 80.8 Å². The topological polar surface area (TPSA) is 77.5 Å². The predicted octanol–water partition coefficient (Wildman–Crippen LogP) is 4.86. The molecule has 0 spiro atoms. The quantitative estimate of drug-likeness (QED) is 0.605. The average Bonchev–Trinajstić information content (AvgIpc) is 3.02. The highest BCUT2D eigenvalue weighted by Crippen LogP contribution is 2.64. The SMILES string of the molecule is Cc1ccc(S(=O)(=O)O[C@@H]2CC[C@@]3(C)[C@H](CC[C@@H]4[C@@H]3C(=O)C[C@]3(C)C(=O)CC[C@@H]43)C2)cc1. The fourth-order valence-corrected chi connectivity index (χ4v) is 8.95. The van der Waals surface area contributed by atoms with Crippen LogP contribution in [0.2, 0.25) is 0 Å². The van der Waals surface area contributed by atoms with Gasteiger partial charge in [-0.15, -0.1) is 0 Å². The second-order valence-corrected chi connectivity index (χ2v) is 12.9. The third kappa shape index (κ3) is 3.32. The van der Waals surface area contributed by atoms with Crippen molar-refractivity contribution in [2.24, 2.45) is 34.5 Å². The number of carbonyl (C=O) groups excluding carboxylic acids is 2. The van der Waals surface area contributed by atoms with Crippen LogP contribution in [0.3, 0.4) is 0 Å². The minimum absolute atomic E-state index is 0.000110. The summed E-state index contributed by atoms with van der Waals surface area (Å²) in [6.45, 7) is 6.19. The summed E-state index contributed by atoms with van der Waals surface area (Å²) in [4.78, 5) is 26.2.